The van der Waals surface area contributed by atoms with Gasteiger partial charge in [-0.1, -0.05) is 55.8 Å². The van der Waals surface area contributed by atoms with E-state index >= 15 is 0 Å². The Labute approximate surface area is 245 Å². The molecule has 42 heavy (non-hydrogen) atoms. The Hall–Kier alpha value is -4.11. The van der Waals surface area contributed by atoms with Gasteiger partial charge in [-0.25, -0.2) is 9.94 Å². The molecule has 1 aliphatic heterocycles. The normalized spacial score (nSPS) is 19.2. The van der Waals surface area contributed by atoms with E-state index in [2.05, 4.69) is 45.7 Å². The fraction of sp³-hybridized carbons (Fsp3) is 0.424. The second kappa shape index (κ2) is 11.3. The summed E-state index contributed by atoms with van der Waals surface area (Å²) in [5.41, 5.74) is 8.04. The van der Waals surface area contributed by atoms with Gasteiger partial charge >= 0.3 is 0 Å². The average Bonchev–Trinajstić information content (AvgIpc) is 3.64. The number of fused-ring (bicyclic) bond motifs is 1. The molecule has 9 nitrogen and oxygen atoms in total. The van der Waals surface area contributed by atoms with Gasteiger partial charge in [0.2, 0.25) is 11.7 Å². The largest absolute Gasteiger partial charge is 0.390 e. The first-order valence-electron chi connectivity index (χ1n) is 15.0. The number of aromatic nitrogens is 4. The van der Waals surface area contributed by atoms with E-state index in [-0.39, 0.29) is 29.8 Å². The van der Waals surface area contributed by atoms with E-state index in [4.69, 9.17) is 0 Å². The highest BCUT2D eigenvalue weighted by Gasteiger charge is 2.34. The first-order chi connectivity index (χ1) is 20.2. The summed E-state index contributed by atoms with van der Waals surface area (Å²) in [6, 6.07) is 16.3. The number of nitrogens with one attached hydrogen (secondary N) is 1. The average molecular weight is 567 g/mol. The fourth-order valence-electron chi connectivity index (χ4n) is 6.65. The van der Waals surface area contributed by atoms with Gasteiger partial charge in [0.1, 0.15) is 6.33 Å². The summed E-state index contributed by atoms with van der Waals surface area (Å²) in [6.45, 7) is 5.85. The van der Waals surface area contributed by atoms with Crippen molar-refractivity contribution >= 4 is 17.4 Å². The Balaban J connectivity index is 1.43. The van der Waals surface area contributed by atoms with E-state index in [0.717, 1.165) is 65.6 Å². The Bertz CT molecular complexity index is 1710. The molecule has 3 heterocycles. The molecule has 1 amide bonds. The van der Waals surface area contributed by atoms with Gasteiger partial charge in [-0.15, -0.1) is 0 Å². The summed E-state index contributed by atoms with van der Waals surface area (Å²) in [7, 11) is 0. The van der Waals surface area contributed by atoms with E-state index < -0.39 is 5.60 Å². The number of nitrogens with zero attached hydrogens (tertiary/aromatic N) is 5. The molecule has 4 aromatic rings. The molecule has 0 radical (unpaired) electrons. The number of rotatable bonds is 8. The van der Waals surface area contributed by atoms with E-state index in [1.165, 1.54) is 6.33 Å². The lowest BCUT2D eigenvalue weighted by Gasteiger charge is -2.36. The first kappa shape index (κ1) is 28.0. The van der Waals surface area contributed by atoms with Crippen LogP contribution in [0.2, 0.25) is 0 Å². The van der Waals surface area contributed by atoms with Crippen LogP contribution in [0.4, 0.5) is 0 Å². The van der Waals surface area contributed by atoms with Crippen LogP contribution in [0.25, 0.3) is 16.9 Å². The second-order valence-corrected chi connectivity index (χ2v) is 12.2. The van der Waals surface area contributed by atoms with Crippen molar-refractivity contribution in [3.05, 3.63) is 87.6 Å². The number of hydrogen-bond acceptors (Lipinski definition) is 6. The zero-order valence-electron chi connectivity index (χ0n) is 24.5. The molecule has 0 saturated heterocycles. The summed E-state index contributed by atoms with van der Waals surface area (Å²) in [6.07, 6.45) is 7.07. The monoisotopic (exact) mass is 566 g/mol. The molecule has 6 rings (SSSR count). The van der Waals surface area contributed by atoms with Crippen LogP contribution in [-0.4, -0.2) is 41.5 Å². The standard InChI is InChI=1S/C33H38N6O3/c1-4-8-29-27(31(41)38(32-34-20-35-39(29)32)24-14-12-23(13-15-24)33(2,3)42)18-21-11-16-25(22-9-6-5-7-10-22)26(17-21)28-19-30(40)37-36-28/h5-7,9-11,16-17,20,23-24,42H,4,8,12-15,18-19H2,1-3H3,(H,37,40). The van der Waals surface area contributed by atoms with Crippen molar-refractivity contribution in [1.82, 2.24) is 24.6 Å². The lowest BCUT2D eigenvalue weighted by molar-refractivity contribution is -0.119. The van der Waals surface area contributed by atoms with E-state index in [1.807, 2.05) is 53.3 Å². The number of hydrogen-bond donors (Lipinski definition) is 2. The molecule has 1 aliphatic carbocycles. The van der Waals surface area contributed by atoms with E-state index in [0.29, 0.717) is 24.3 Å². The molecule has 2 N–H and O–H groups in total. The van der Waals surface area contributed by atoms with Gasteiger partial charge in [-0.05, 0) is 74.6 Å². The number of aryl methyl sites for hydroxylation is 1. The molecule has 0 bridgehead atoms. The highest BCUT2D eigenvalue weighted by Crippen LogP contribution is 2.38. The van der Waals surface area contributed by atoms with Gasteiger partial charge in [0.15, 0.2) is 0 Å². The summed E-state index contributed by atoms with van der Waals surface area (Å²) < 4.78 is 3.70. The third-order valence-electron chi connectivity index (χ3n) is 8.88. The summed E-state index contributed by atoms with van der Waals surface area (Å²) in [5, 5.41) is 19.5. The quantitative estimate of drug-likeness (QED) is 0.317. The van der Waals surface area contributed by atoms with Crippen molar-refractivity contribution in [3.63, 3.8) is 0 Å². The summed E-state index contributed by atoms with van der Waals surface area (Å²) >= 11 is 0. The number of amides is 1. The predicted octanol–water partition coefficient (Wildman–Crippen LogP) is 4.83. The minimum Gasteiger partial charge on any atom is -0.390 e. The van der Waals surface area contributed by atoms with Gasteiger partial charge in [0, 0.05) is 23.6 Å². The number of carbonyl (C=O) groups excluding carboxylic acids is 1. The van der Waals surface area contributed by atoms with Crippen LogP contribution in [0.3, 0.4) is 0 Å². The maximum Gasteiger partial charge on any atom is 0.259 e. The van der Waals surface area contributed by atoms with Crippen LogP contribution in [0.15, 0.2) is 64.8 Å². The van der Waals surface area contributed by atoms with Crippen molar-refractivity contribution in [1.29, 1.82) is 0 Å². The third kappa shape index (κ3) is 5.29. The van der Waals surface area contributed by atoms with Crippen LogP contribution in [-0.2, 0) is 17.6 Å². The zero-order valence-corrected chi connectivity index (χ0v) is 24.5. The summed E-state index contributed by atoms with van der Waals surface area (Å²) in [5.74, 6) is 0.668. The molecule has 0 unspecified atom stereocenters. The van der Waals surface area contributed by atoms with Crippen molar-refractivity contribution in [3.8, 4) is 11.1 Å². The molecular formula is C33H38N6O3. The van der Waals surface area contributed by atoms with Gasteiger partial charge in [-0.3, -0.25) is 14.2 Å². The second-order valence-electron chi connectivity index (χ2n) is 12.2. The van der Waals surface area contributed by atoms with Gasteiger partial charge < -0.3 is 5.11 Å². The van der Waals surface area contributed by atoms with Crippen LogP contribution >= 0.6 is 0 Å². The van der Waals surface area contributed by atoms with Crippen LogP contribution in [0.5, 0.6) is 0 Å². The molecule has 0 atom stereocenters. The molecule has 1 fully saturated rings. The molecule has 9 heteroatoms. The van der Waals surface area contributed by atoms with E-state index in [9.17, 15) is 14.7 Å². The Kier molecular flexibility index (Phi) is 7.53. The van der Waals surface area contributed by atoms with Crippen molar-refractivity contribution < 1.29 is 9.90 Å². The maximum absolute atomic E-state index is 14.4. The minimum absolute atomic E-state index is 0.00169. The Morgan fingerprint density at radius 1 is 1.02 bits per heavy atom. The molecular weight excluding hydrogens is 528 g/mol. The molecule has 1 saturated carbocycles. The fourth-order valence-corrected chi connectivity index (χ4v) is 6.65. The zero-order chi connectivity index (χ0) is 29.4. The number of hydrazone groups is 1. The predicted molar refractivity (Wildman–Crippen MR) is 163 cm³/mol. The third-order valence-corrected chi connectivity index (χ3v) is 8.88. The maximum atomic E-state index is 14.4. The lowest BCUT2D eigenvalue weighted by Crippen LogP contribution is -2.38. The molecule has 2 aliphatic rings. The topological polar surface area (TPSA) is 114 Å². The van der Waals surface area contributed by atoms with Crippen LogP contribution < -0.4 is 11.0 Å². The minimum atomic E-state index is -0.733. The van der Waals surface area contributed by atoms with Gasteiger partial charge in [-0.2, -0.15) is 15.2 Å². The first-order valence-corrected chi connectivity index (χ1v) is 15.0. The highest BCUT2D eigenvalue weighted by molar-refractivity contribution is 6.16. The summed E-state index contributed by atoms with van der Waals surface area (Å²) in [4.78, 5) is 31.0. The van der Waals surface area contributed by atoms with Crippen molar-refractivity contribution in [2.24, 2.45) is 11.0 Å². The van der Waals surface area contributed by atoms with E-state index in [1.54, 1.807) is 0 Å². The Morgan fingerprint density at radius 2 is 1.79 bits per heavy atom. The van der Waals surface area contributed by atoms with Crippen LogP contribution in [0.1, 0.15) is 87.7 Å². The van der Waals surface area contributed by atoms with Crippen LogP contribution in [0, 0.1) is 5.92 Å². The van der Waals surface area contributed by atoms with Gasteiger partial charge in [0.25, 0.3) is 5.56 Å². The number of benzene rings is 2. The number of carbonyl (C=O) groups is 1. The molecule has 2 aromatic carbocycles. The SMILES string of the molecule is CCCc1c(Cc2ccc(-c3ccccc3)c(C3=NNC(=O)C3)c2)c(=O)n(C2CCC(C(C)(C)O)CC2)c2ncnn12. The van der Waals surface area contributed by atoms with Crippen molar-refractivity contribution in [2.45, 2.75) is 83.8 Å². The molecule has 0 spiro atoms. The van der Waals surface area contributed by atoms with Gasteiger partial charge in [0.05, 0.1) is 23.4 Å². The Morgan fingerprint density at radius 3 is 2.45 bits per heavy atom. The smallest absolute Gasteiger partial charge is 0.259 e. The number of aliphatic hydroxyl groups is 1. The molecule has 2 aromatic heterocycles. The molecule has 218 valence electrons. The highest BCUT2D eigenvalue weighted by atomic mass is 16.3. The van der Waals surface area contributed by atoms with Crippen molar-refractivity contribution in [2.75, 3.05) is 0 Å². The lowest BCUT2D eigenvalue weighted by atomic mass is 9.77.